The van der Waals surface area contributed by atoms with E-state index in [1.54, 1.807) is 10.6 Å². The molecule has 0 unspecified atom stereocenters. The molecule has 1 heterocycles. The lowest BCUT2D eigenvalue weighted by Crippen LogP contribution is -2.21. The van der Waals surface area contributed by atoms with Gasteiger partial charge in [0.1, 0.15) is 0 Å². The average molecular weight is 201 g/mol. The fourth-order valence-electron chi connectivity index (χ4n) is 1.48. The predicted octanol–water partition coefficient (Wildman–Crippen LogP) is 1.43. The number of hydrogen-bond donors (Lipinski definition) is 1. The number of anilines is 1. The number of nitrogens with zero attached hydrogens (tertiary/aromatic N) is 1. The van der Waals surface area contributed by atoms with Crippen molar-refractivity contribution >= 4 is 18.1 Å². The fourth-order valence-corrected chi connectivity index (χ4v) is 1.48. The molecule has 72 valence electrons. The minimum Gasteiger partial charge on any atom is -0.394 e. The van der Waals surface area contributed by atoms with Gasteiger partial charge in [-0.2, -0.15) is 0 Å². The van der Waals surface area contributed by atoms with Crippen LogP contribution in [-0.2, 0) is 0 Å². The smallest absolute Gasteiger partial charge is 0.273 e. The molecule has 1 aromatic rings. The molecule has 0 saturated heterocycles. The summed E-state index contributed by atoms with van der Waals surface area (Å²) in [6, 6.07) is 3.86. The van der Waals surface area contributed by atoms with Crippen molar-refractivity contribution in [1.82, 2.24) is 4.57 Å². The second-order valence-corrected chi connectivity index (χ2v) is 3.46. The molecule has 1 aliphatic rings. The first-order valence-corrected chi connectivity index (χ1v) is 4.17. The first-order chi connectivity index (χ1) is 5.70. The number of hydrogen-bond acceptors (Lipinski definition) is 2. The monoisotopic (exact) mass is 200 g/mol. The summed E-state index contributed by atoms with van der Waals surface area (Å²) >= 11 is 0. The van der Waals surface area contributed by atoms with E-state index in [4.69, 9.17) is 5.73 Å². The highest BCUT2D eigenvalue weighted by Gasteiger charge is 2.34. The van der Waals surface area contributed by atoms with Crippen molar-refractivity contribution in [2.75, 3.05) is 5.73 Å². The maximum atomic E-state index is 11.4. The third-order valence-electron chi connectivity index (χ3n) is 2.43. The van der Waals surface area contributed by atoms with Crippen molar-refractivity contribution in [3.63, 3.8) is 0 Å². The third kappa shape index (κ3) is 1.70. The van der Waals surface area contributed by atoms with Crippen molar-refractivity contribution in [3.05, 3.63) is 28.7 Å². The Balaban J connectivity index is 0.000000845. The Bertz CT molecular complexity index is 361. The molecule has 0 radical (unpaired) electrons. The summed E-state index contributed by atoms with van der Waals surface area (Å²) in [5.41, 5.74) is 5.79. The van der Waals surface area contributed by atoms with Gasteiger partial charge in [0.05, 0.1) is 5.69 Å². The van der Waals surface area contributed by atoms with Crippen molar-refractivity contribution in [2.45, 2.75) is 19.4 Å². The molecule has 2 N–H and O–H groups in total. The number of nitrogens with two attached hydrogens (primary N) is 1. The molecule has 2 atom stereocenters. The molecule has 3 nitrogen and oxygen atoms in total. The van der Waals surface area contributed by atoms with Gasteiger partial charge in [0, 0.05) is 12.2 Å². The summed E-state index contributed by atoms with van der Waals surface area (Å²) < 4.78 is 1.74. The van der Waals surface area contributed by atoms with Gasteiger partial charge >= 0.3 is 0 Å². The highest BCUT2D eigenvalue weighted by molar-refractivity contribution is 5.85. The van der Waals surface area contributed by atoms with Gasteiger partial charge in [-0.15, -0.1) is 12.4 Å². The summed E-state index contributed by atoms with van der Waals surface area (Å²) in [4.78, 5) is 11.4. The van der Waals surface area contributed by atoms with Crippen LogP contribution in [0.1, 0.15) is 19.4 Å². The molecule has 13 heavy (non-hydrogen) atoms. The zero-order chi connectivity index (χ0) is 8.72. The second kappa shape index (κ2) is 3.42. The Labute approximate surface area is 83.0 Å². The van der Waals surface area contributed by atoms with Crippen LogP contribution in [-0.4, -0.2) is 4.57 Å². The van der Waals surface area contributed by atoms with E-state index in [1.165, 1.54) is 0 Å². The van der Waals surface area contributed by atoms with Crippen molar-refractivity contribution in [1.29, 1.82) is 0 Å². The van der Waals surface area contributed by atoms with E-state index >= 15 is 0 Å². The van der Waals surface area contributed by atoms with E-state index in [2.05, 4.69) is 6.92 Å². The van der Waals surface area contributed by atoms with Gasteiger partial charge < -0.3 is 10.3 Å². The Morgan fingerprint density at radius 3 is 2.77 bits per heavy atom. The molecular formula is C9H13ClN2O. The van der Waals surface area contributed by atoms with Gasteiger partial charge in [0.2, 0.25) is 0 Å². The van der Waals surface area contributed by atoms with Gasteiger partial charge in [-0.1, -0.05) is 6.92 Å². The summed E-state index contributed by atoms with van der Waals surface area (Å²) in [5.74, 6) is 0.629. The molecular weight excluding hydrogens is 188 g/mol. The maximum absolute atomic E-state index is 11.4. The van der Waals surface area contributed by atoms with E-state index in [9.17, 15) is 4.79 Å². The highest BCUT2D eigenvalue weighted by atomic mass is 35.5. The molecule has 1 aromatic heterocycles. The minimum atomic E-state index is -0.0492. The van der Waals surface area contributed by atoms with E-state index in [0.29, 0.717) is 17.6 Å². The number of halogens is 1. The van der Waals surface area contributed by atoms with Crippen molar-refractivity contribution < 1.29 is 0 Å². The van der Waals surface area contributed by atoms with Crippen LogP contribution >= 0.6 is 12.4 Å². The molecule has 1 fully saturated rings. The summed E-state index contributed by atoms with van der Waals surface area (Å²) in [6.45, 7) is 2.14. The van der Waals surface area contributed by atoms with Crippen LogP contribution in [0.25, 0.3) is 0 Å². The topological polar surface area (TPSA) is 48.0 Å². The van der Waals surface area contributed by atoms with Crippen LogP contribution in [0.3, 0.4) is 0 Å². The van der Waals surface area contributed by atoms with Gasteiger partial charge in [-0.25, -0.2) is 0 Å². The van der Waals surface area contributed by atoms with E-state index < -0.39 is 0 Å². The van der Waals surface area contributed by atoms with Gasteiger partial charge in [0.25, 0.3) is 5.56 Å². The Morgan fingerprint density at radius 1 is 1.62 bits per heavy atom. The Kier molecular flexibility index (Phi) is 2.66. The molecule has 1 aliphatic carbocycles. The van der Waals surface area contributed by atoms with Crippen LogP contribution in [0.2, 0.25) is 0 Å². The molecule has 4 heteroatoms. The second-order valence-electron chi connectivity index (χ2n) is 3.46. The number of nitrogen functional groups attached to an aromatic ring is 1. The highest BCUT2D eigenvalue weighted by Crippen LogP contribution is 2.41. The minimum absolute atomic E-state index is 0. The molecule has 0 aromatic carbocycles. The number of pyridine rings is 1. The molecule has 0 aliphatic heterocycles. The lowest BCUT2D eigenvalue weighted by Gasteiger charge is -2.03. The first-order valence-electron chi connectivity index (χ1n) is 4.17. The van der Waals surface area contributed by atoms with Crippen molar-refractivity contribution in [2.24, 2.45) is 5.92 Å². The zero-order valence-electron chi connectivity index (χ0n) is 7.43. The van der Waals surface area contributed by atoms with Gasteiger partial charge in [-0.3, -0.25) is 4.79 Å². The molecule has 1 saturated carbocycles. The van der Waals surface area contributed by atoms with Gasteiger partial charge in [0.15, 0.2) is 0 Å². The summed E-state index contributed by atoms with van der Waals surface area (Å²) in [6.07, 6.45) is 2.91. The molecule has 0 amide bonds. The maximum Gasteiger partial charge on any atom is 0.273 e. The molecule has 2 rings (SSSR count). The number of rotatable bonds is 1. The van der Waals surface area contributed by atoms with Crippen LogP contribution < -0.4 is 11.3 Å². The van der Waals surface area contributed by atoms with Crippen LogP contribution in [0.15, 0.2) is 23.1 Å². The fraction of sp³-hybridized carbons (Fsp3) is 0.444. The summed E-state index contributed by atoms with van der Waals surface area (Å²) in [7, 11) is 0. The largest absolute Gasteiger partial charge is 0.394 e. The lowest BCUT2D eigenvalue weighted by atomic mass is 10.4. The Morgan fingerprint density at radius 2 is 2.23 bits per heavy atom. The normalized spacial score (nSPS) is 25.0. The van der Waals surface area contributed by atoms with E-state index in [-0.39, 0.29) is 18.0 Å². The van der Waals surface area contributed by atoms with Crippen LogP contribution in [0, 0.1) is 5.92 Å². The SMILES string of the molecule is C[C@H]1C[C@@H]1n1cccc(N)c1=O.Cl. The van der Waals surface area contributed by atoms with Crippen LogP contribution in [0.4, 0.5) is 5.69 Å². The van der Waals surface area contributed by atoms with Crippen molar-refractivity contribution in [3.8, 4) is 0 Å². The zero-order valence-corrected chi connectivity index (χ0v) is 8.25. The predicted molar refractivity (Wildman–Crippen MR) is 55.2 cm³/mol. The average Bonchev–Trinajstić information content (AvgIpc) is 2.73. The van der Waals surface area contributed by atoms with E-state index in [1.807, 2.05) is 12.3 Å². The van der Waals surface area contributed by atoms with Gasteiger partial charge in [-0.05, 0) is 24.5 Å². The summed E-state index contributed by atoms with van der Waals surface area (Å²) in [5, 5.41) is 0. The Hall–Kier alpha value is -0.960. The van der Waals surface area contributed by atoms with Crippen LogP contribution in [0.5, 0.6) is 0 Å². The molecule has 0 spiro atoms. The van der Waals surface area contributed by atoms with E-state index in [0.717, 1.165) is 6.42 Å². The number of aromatic nitrogens is 1. The third-order valence-corrected chi connectivity index (χ3v) is 2.43. The first kappa shape index (κ1) is 10.1. The quantitative estimate of drug-likeness (QED) is 0.746. The lowest BCUT2D eigenvalue weighted by molar-refractivity contribution is 0.661. The standard InChI is InChI=1S/C9H12N2O.ClH/c1-6-5-8(6)11-4-2-3-7(10)9(11)12;/h2-4,6,8H,5,10H2,1H3;1H/t6-,8-;/m0./s1. The molecule has 0 bridgehead atoms.